The summed E-state index contributed by atoms with van der Waals surface area (Å²) in [6, 6.07) is 5.37. The first-order chi connectivity index (χ1) is 8.70. The van der Waals surface area contributed by atoms with E-state index in [1.54, 1.807) is 0 Å². The molecule has 1 aliphatic heterocycles. The topological polar surface area (TPSA) is 77.5 Å². The summed E-state index contributed by atoms with van der Waals surface area (Å²) in [6.07, 6.45) is -1.06. The van der Waals surface area contributed by atoms with E-state index in [0.717, 1.165) is 0 Å². The molecule has 1 saturated heterocycles. The van der Waals surface area contributed by atoms with Crippen LogP contribution in [0.4, 0.5) is 0 Å². The second-order valence-corrected chi connectivity index (χ2v) is 8.86. The van der Waals surface area contributed by atoms with Gasteiger partial charge in [0, 0.05) is 5.02 Å². The molecule has 0 bridgehead atoms. The van der Waals surface area contributed by atoms with Crippen LogP contribution in [-0.4, -0.2) is 39.8 Å². The molecule has 9 heteroatoms. The standard InChI is InChI=1S/C10H10Cl2O5S2/c11-7-1-3-8(4-2-7)19(15,16)17-10-6-18(13,14)5-9(10)12/h1-4,9-10H,5-6H2. The summed E-state index contributed by atoms with van der Waals surface area (Å²) in [4.78, 5) is -0.0925. The predicted octanol–water partition coefficient (Wildman–Crippen LogP) is 1.45. The molecule has 0 spiro atoms. The molecule has 0 aromatic heterocycles. The van der Waals surface area contributed by atoms with Crippen molar-refractivity contribution in [3.8, 4) is 0 Å². The molecule has 0 N–H and O–H groups in total. The molecular formula is C10H10Cl2O5S2. The monoisotopic (exact) mass is 344 g/mol. The third-order valence-corrected chi connectivity index (χ3v) is 6.51. The van der Waals surface area contributed by atoms with Crippen LogP contribution in [0, 0.1) is 0 Å². The largest absolute Gasteiger partial charge is 0.297 e. The molecule has 19 heavy (non-hydrogen) atoms. The molecule has 1 aromatic carbocycles. The normalized spacial score (nSPS) is 26.4. The van der Waals surface area contributed by atoms with Gasteiger partial charge in [-0.2, -0.15) is 8.42 Å². The van der Waals surface area contributed by atoms with Crippen LogP contribution in [0.5, 0.6) is 0 Å². The fourth-order valence-electron chi connectivity index (χ4n) is 1.68. The van der Waals surface area contributed by atoms with Crippen molar-refractivity contribution in [1.82, 2.24) is 0 Å². The zero-order valence-corrected chi connectivity index (χ0v) is 12.6. The van der Waals surface area contributed by atoms with Crippen molar-refractivity contribution in [3.63, 3.8) is 0 Å². The number of sulfone groups is 1. The number of hydrogen-bond acceptors (Lipinski definition) is 5. The van der Waals surface area contributed by atoms with Crippen LogP contribution in [-0.2, 0) is 24.1 Å². The van der Waals surface area contributed by atoms with Crippen LogP contribution in [0.15, 0.2) is 29.2 Å². The summed E-state index contributed by atoms with van der Waals surface area (Å²) in [5, 5.41) is -0.482. The highest BCUT2D eigenvalue weighted by molar-refractivity contribution is 7.92. The number of hydrogen-bond donors (Lipinski definition) is 0. The predicted molar refractivity (Wildman–Crippen MR) is 71.8 cm³/mol. The van der Waals surface area contributed by atoms with Crippen molar-refractivity contribution < 1.29 is 21.0 Å². The Hall–Kier alpha value is -0.340. The van der Waals surface area contributed by atoms with Crippen molar-refractivity contribution in [1.29, 1.82) is 0 Å². The Bertz CT molecular complexity index is 666. The molecule has 106 valence electrons. The van der Waals surface area contributed by atoms with E-state index in [0.29, 0.717) is 5.02 Å². The molecule has 1 fully saturated rings. The lowest BCUT2D eigenvalue weighted by atomic mass is 10.3. The Labute approximate surface area is 121 Å². The van der Waals surface area contributed by atoms with E-state index < -0.39 is 37.2 Å². The number of halogens is 2. The van der Waals surface area contributed by atoms with E-state index in [-0.39, 0.29) is 10.6 Å². The van der Waals surface area contributed by atoms with Gasteiger partial charge in [0.25, 0.3) is 10.1 Å². The van der Waals surface area contributed by atoms with E-state index in [1.165, 1.54) is 24.3 Å². The first-order valence-electron chi connectivity index (χ1n) is 5.23. The molecular weight excluding hydrogens is 335 g/mol. The molecule has 1 aliphatic rings. The van der Waals surface area contributed by atoms with Gasteiger partial charge in [-0.3, -0.25) is 4.18 Å². The van der Waals surface area contributed by atoms with Gasteiger partial charge in [-0.05, 0) is 24.3 Å². The quantitative estimate of drug-likeness (QED) is 0.612. The minimum absolute atomic E-state index is 0.0925. The smallest absolute Gasteiger partial charge is 0.260 e. The molecule has 2 atom stereocenters. The van der Waals surface area contributed by atoms with Gasteiger partial charge >= 0.3 is 0 Å². The molecule has 1 aromatic rings. The highest BCUT2D eigenvalue weighted by atomic mass is 35.5. The SMILES string of the molecule is O=S1(=O)CC(Cl)C(OS(=O)(=O)c2ccc(Cl)cc2)C1. The van der Waals surface area contributed by atoms with Gasteiger partial charge in [0.15, 0.2) is 9.84 Å². The van der Waals surface area contributed by atoms with Crippen LogP contribution >= 0.6 is 23.2 Å². The van der Waals surface area contributed by atoms with E-state index in [1.807, 2.05) is 0 Å². The maximum atomic E-state index is 11.9. The zero-order valence-electron chi connectivity index (χ0n) is 9.49. The summed E-state index contributed by atoms with van der Waals surface area (Å²) in [5.74, 6) is -0.677. The number of rotatable bonds is 3. The Morgan fingerprint density at radius 3 is 2.21 bits per heavy atom. The fraction of sp³-hybridized carbons (Fsp3) is 0.400. The van der Waals surface area contributed by atoms with E-state index in [9.17, 15) is 16.8 Å². The fourth-order valence-corrected chi connectivity index (χ4v) is 5.52. The first kappa shape index (κ1) is 15.1. The van der Waals surface area contributed by atoms with Crippen LogP contribution in [0.1, 0.15) is 0 Å². The maximum Gasteiger partial charge on any atom is 0.297 e. The second-order valence-electron chi connectivity index (χ2n) is 4.14. The molecule has 2 unspecified atom stereocenters. The van der Waals surface area contributed by atoms with Crippen LogP contribution in [0.2, 0.25) is 5.02 Å². The lowest BCUT2D eigenvalue weighted by Gasteiger charge is -2.13. The van der Waals surface area contributed by atoms with Crippen LogP contribution in [0.25, 0.3) is 0 Å². The van der Waals surface area contributed by atoms with Crippen LogP contribution < -0.4 is 0 Å². The average molecular weight is 345 g/mol. The van der Waals surface area contributed by atoms with Crippen molar-refractivity contribution >= 4 is 43.2 Å². The van der Waals surface area contributed by atoms with E-state index in [2.05, 4.69) is 0 Å². The molecule has 1 heterocycles. The van der Waals surface area contributed by atoms with Crippen molar-refractivity contribution in [3.05, 3.63) is 29.3 Å². The van der Waals surface area contributed by atoms with E-state index >= 15 is 0 Å². The lowest BCUT2D eigenvalue weighted by Crippen LogP contribution is -2.26. The lowest BCUT2D eigenvalue weighted by molar-refractivity contribution is 0.239. The van der Waals surface area contributed by atoms with Gasteiger partial charge in [-0.1, -0.05) is 11.6 Å². The van der Waals surface area contributed by atoms with Crippen LogP contribution in [0.3, 0.4) is 0 Å². The number of benzene rings is 1. The van der Waals surface area contributed by atoms with Gasteiger partial charge in [-0.25, -0.2) is 8.42 Å². The average Bonchev–Trinajstić information content (AvgIpc) is 2.51. The summed E-state index contributed by atoms with van der Waals surface area (Å²) in [5.41, 5.74) is 0. The minimum Gasteiger partial charge on any atom is -0.260 e. The molecule has 5 nitrogen and oxygen atoms in total. The molecule has 0 amide bonds. The van der Waals surface area contributed by atoms with Crippen molar-refractivity contribution in [2.45, 2.75) is 16.4 Å². The summed E-state index contributed by atoms with van der Waals surface area (Å²) in [6.45, 7) is 0. The molecule has 0 radical (unpaired) electrons. The van der Waals surface area contributed by atoms with E-state index in [4.69, 9.17) is 27.4 Å². The minimum atomic E-state index is -4.05. The highest BCUT2D eigenvalue weighted by Crippen LogP contribution is 2.25. The Morgan fingerprint density at radius 2 is 1.74 bits per heavy atom. The Kier molecular flexibility index (Phi) is 4.13. The van der Waals surface area contributed by atoms with Gasteiger partial charge in [0.05, 0.1) is 21.8 Å². The second kappa shape index (κ2) is 5.21. The van der Waals surface area contributed by atoms with Gasteiger partial charge < -0.3 is 0 Å². The van der Waals surface area contributed by atoms with Gasteiger partial charge in [0.2, 0.25) is 0 Å². The third-order valence-electron chi connectivity index (χ3n) is 2.59. The Balaban J connectivity index is 2.21. The summed E-state index contributed by atoms with van der Waals surface area (Å²) >= 11 is 11.4. The maximum absolute atomic E-state index is 11.9. The van der Waals surface area contributed by atoms with Crippen molar-refractivity contribution in [2.24, 2.45) is 0 Å². The summed E-state index contributed by atoms with van der Waals surface area (Å²) in [7, 11) is -7.40. The number of alkyl halides is 1. The van der Waals surface area contributed by atoms with Gasteiger partial charge in [0.1, 0.15) is 6.10 Å². The molecule has 0 saturated carbocycles. The first-order valence-corrected chi connectivity index (χ1v) is 9.27. The van der Waals surface area contributed by atoms with Crippen molar-refractivity contribution in [2.75, 3.05) is 11.5 Å². The molecule has 0 aliphatic carbocycles. The zero-order chi connectivity index (χ0) is 14.3. The van der Waals surface area contributed by atoms with Gasteiger partial charge in [-0.15, -0.1) is 11.6 Å². The Morgan fingerprint density at radius 1 is 1.16 bits per heavy atom. The third kappa shape index (κ3) is 3.61. The molecule has 2 rings (SSSR count). The summed E-state index contributed by atoms with van der Waals surface area (Å²) < 4.78 is 51.4. The highest BCUT2D eigenvalue weighted by Gasteiger charge is 2.40.